The number of benzene rings is 1. The van der Waals surface area contributed by atoms with E-state index >= 15 is 0 Å². The van der Waals surface area contributed by atoms with Gasteiger partial charge in [-0.05, 0) is 12.1 Å². The van der Waals surface area contributed by atoms with Crippen molar-refractivity contribution in [3.63, 3.8) is 0 Å². The lowest BCUT2D eigenvalue weighted by molar-refractivity contribution is -0.137. The lowest BCUT2D eigenvalue weighted by atomic mass is 10.1. The fourth-order valence-corrected chi connectivity index (χ4v) is 2.13. The number of hydrogen-bond acceptors (Lipinski definition) is 2. The molecular formula is C10H6Cl2F3N3. The van der Waals surface area contributed by atoms with Crippen molar-refractivity contribution >= 4 is 28.9 Å². The zero-order valence-corrected chi connectivity index (χ0v) is 10.2. The Kier molecular flexibility index (Phi) is 3.16. The summed E-state index contributed by atoms with van der Waals surface area (Å²) in [5.41, 5.74) is 5.32. The number of anilines is 1. The summed E-state index contributed by atoms with van der Waals surface area (Å²) in [7, 11) is 0. The van der Waals surface area contributed by atoms with Crippen LogP contribution in [0.2, 0.25) is 10.0 Å². The normalized spacial score (nSPS) is 11.8. The summed E-state index contributed by atoms with van der Waals surface area (Å²) in [6.07, 6.45) is -3.12. The van der Waals surface area contributed by atoms with Gasteiger partial charge in [0.15, 0.2) is 0 Å². The largest absolute Gasteiger partial charge is 0.416 e. The molecule has 1 aromatic heterocycles. The number of hydrogen-bond donors (Lipinski definition) is 2. The standard InChI is InChI=1S/C10H6Cl2F3N3/c11-5-1-4(10(13,14)15)2-6(12)8(5)9-7(16)3-17-18-9/h1-3H,16H2,(H,17,18). The Morgan fingerprint density at radius 2 is 1.72 bits per heavy atom. The molecule has 3 N–H and O–H groups in total. The van der Waals surface area contributed by atoms with Crippen LogP contribution in [0, 0.1) is 0 Å². The number of rotatable bonds is 1. The number of H-pyrrole nitrogens is 1. The molecule has 0 saturated heterocycles. The quantitative estimate of drug-likeness (QED) is 0.836. The second-order valence-electron chi connectivity index (χ2n) is 3.50. The highest BCUT2D eigenvalue weighted by Gasteiger charge is 2.32. The molecule has 0 atom stereocenters. The molecular weight excluding hydrogens is 290 g/mol. The molecule has 3 nitrogen and oxygen atoms in total. The molecule has 2 aromatic rings. The molecule has 0 fully saturated rings. The van der Waals surface area contributed by atoms with Crippen LogP contribution < -0.4 is 5.73 Å². The van der Waals surface area contributed by atoms with Crippen LogP contribution in [-0.2, 0) is 6.18 Å². The van der Waals surface area contributed by atoms with E-state index in [-0.39, 0.29) is 27.0 Å². The van der Waals surface area contributed by atoms with Crippen LogP contribution in [0.1, 0.15) is 5.56 Å². The summed E-state index contributed by atoms with van der Waals surface area (Å²) in [4.78, 5) is 0. The van der Waals surface area contributed by atoms with E-state index in [1.807, 2.05) is 0 Å². The fraction of sp³-hybridized carbons (Fsp3) is 0.100. The number of aromatic amines is 1. The molecule has 1 heterocycles. The number of nitrogens with one attached hydrogen (secondary N) is 1. The van der Waals surface area contributed by atoms with Crippen LogP contribution in [0.3, 0.4) is 0 Å². The molecule has 96 valence electrons. The van der Waals surface area contributed by atoms with Crippen LogP contribution in [-0.4, -0.2) is 10.2 Å². The fourth-order valence-electron chi connectivity index (χ4n) is 1.46. The van der Waals surface area contributed by atoms with Gasteiger partial charge in [-0.3, -0.25) is 5.10 Å². The highest BCUT2D eigenvalue weighted by atomic mass is 35.5. The molecule has 0 unspecified atom stereocenters. The Bertz CT molecular complexity index is 569. The van der Waals surface area contributed by atoms with Crippen LogP contribution in [0.15, 0.2) is 18.3 Å². The topological polar surface area (TPSA) is 54.7 Å². The highest BCUT2D eigenvalue weighted by molar-refractivity contribution is 6.39. The van der Waals surface area contributed by atoms with Crippen molar-refractivity contribution in [1.29, 1.82) is 0 Å². The monoisotopic (exact) mass is 295 g/mol. The number of halogens is 5. The molecule has 0 aliphatic heterocycles. The predicted molar refractivity (Wildman–Crippen MR) is 63.5 cm³/mol. The third-order valence-corrected chi connectivity index (χ3v) is 2.87. The van der Waals surface area contributed by atoms with Crippen molar-refractivity contribution < 1.29 is 13.2 Å². The zero-order chi connectivity index (χ0) is 13.5. The number of aromatic nitrogens is 2. The lowest BCUT2D eigenvalue weighted by Gasteiger charge is -2.11. The van der Waals surface area contributed by atoms with E-state index in [1.54, 1.807) is 0 Å². The van der Waals surface area contributed by atoms with Gasteiger partial charge in [0.1, 0.15) is 5.69 Å². The first-order valence-electron chi connectivity index (χ1n) is 4.66. The second-order valence-corrected chi connectivity index (χ2v) is 4.32. The van der Waals surface area contributed by atoms with Gasteiger partial charge in [0.25, 0.3) is 0 Å². The summed E-state index contributed by atoms with van der Waals surface area (Å²) < 4.78 is 37.6. The van der Waals surface area contributed by atoms with Crippen molar-refractivity contribution in [3.8, 4) is 11.3 Å². The van der Waals surface area contributed by atoms with Crippen LogP contribution >= 0.6 is 23.2 Å². The second kappa shape index (κ2) is 4.37. The van der Waals surface area contributed by atoms with Gasteiger partial charge in [0, 0.05) is 11.8 Å². The molecule has 0 aliphatic rings. The smallest absolute Gasteiger partial charge is 0.396 e. The van der Waals surface area contributed by atoms with Gasteiger partial charge in [-0.1, -0.05) is 23.2 Å². The van der Waals surface area contributed by atoms with Gasteiger partial charge in [0.05, 0.1) is 21.3 Å². The molecule has 0 spiro atoms. The number of alkyl halides is 3. The third kappa shape index (κ3) is 2.26. The van der Waals surface area contributed by atoms with Crippen molar-refractivity contribution in [2.75, 3.05) is 5.73 Å². The minimum atomic E-state index is -4.51. The van der Waals surface area contributed by atoms with Gasteiger partial charge in [-0.25, -0.2) is 0 Å². The summed E-state index contributed by atoms with van der Waals surface area (Å²) in [6.45, 7) is 0. The van der Waals surface area contributed by atoms with Gasteiger partial charge in [-0.2, -0.15) is 18.3 Å². The van der Waals surface area contributed by atoms with Gasteiger partial charge < -0.3 is 5.73 Å². The van der Waals surface area contributed by atoms with Crippen LogP contribution in [0.25, 0.3) is 11.3 Å². The zero-order valence-electron chi connectivity index (χ0n) is 8.65. The molecule has 18 heavy (non-hydrogen) atoms. The number of nitrogens with two attached hydrogens (primary N) is 1. The Morgan fingerprint density at radius 1 is 1.17 bits per heavy atom. The number of nitrogen functional groups attached to an aromatic ring is 1. The third-order valence-electron chi connectivity index (χ3n) is 2.28. The van der Waals surface area contributed by atoms with Crippen LogP contribution in [0.5, 0.6) is 0 Å². The van der Waals surface area contributed by atoms with E-state index in [0.717, 1.165) is 12.1 Å². The molecule has 0 aliphatic carbocycles. The first kappa shape index (κ1) is 13.0. The Morgan fingerprint density at radius 3 is 2.11 bits per heavy atom. The average Bonchev–Trinajstić information content (AvgIpc) is 2.62. The van der Waals surface area contributed by atoms with Gasteiger partial charge in [0.2, 0.25) is 0 Å². The summed E-state index contributed by atoms with van der Waals surface area (Å²) in [6, 6.07) is 1.58. The summed E-state index contributed by atoms with van der Waals surface area (Å²) in [5.74, 6) is 0. The first-order chi connectivity index (χ1) is 8.30. The van der Waals surface area contributed by atoms with Crippen LogP contribution in [0.4, 0.5) is 18.9 Å². The lowest BCUT2D eigenvalue weighted by Crippen LogP contribution is -2.05. The maximum atomic E-state index is 12.5. The average molecular weight is 296 g/mol. The summed E-state index contributed by atoms with van der Waals surface area (Å²) >= 11 is 11.6. The van der Waals surface area contributed by atoms with Gasteiger partial charge in [-0.15, -0.1) is 0 Å². The molecule has 0 radical (unpaired) electrons. The van der Waals surface area contributed by atoms with E-state index < -0.39 is 11.7 Å². The van der Waals surface area contributed by atoms with Crippen molar-refractivity contribution in [2.24, 2.45) is 0 Å². The van der Waals surface area contributed by atoms with E-state index in [1.165, 1.54) is 6.20 Å². The molecule has 0 bridgehead atoms. The maximum absolute atomic E-state index is 12.5. The molecule has 1 aromatic carbocycles. The van der Waals surface area contributed by atoms with Crippen molar-refractivity contribution in [3.05, 3.63) is 33.9 Å². The van der Waals surface area contributed by atoms with E-state index in [2.05, 4.69) is 10.2 Å². The van der Waals surface area contributed by atoms with Crippen molar-refractivity contribution in [2.45, 2.75) is 6.18 Å². The molecule has 0 amide bonds. The maximum Gasteiger partial charge on any atom is 0.416 e. The minimum Gasteiger partial charge on any atom is -0.396 e. The minimum absolute atomic E-state index is 0.159. The Labute approximate surface area is 110 Å². The van der Waals surface area contributed by atoms with E-state index in [9.17, 15) is 13.2 Å². The molecule has 8 heteroatoms. The van der Waals surface area contributed by atoms with Gasteiger partial charge >= 0.3 is 6.18 Å². The summed E-state index contributed by atoms with van der Waals surface area (Å²) in [5, 5.41) is 5.96. The number of nitrogens with zero attached hydrogens (tertiary/aromatic N) is 1. The van der Waals surface area contributed by atoms with E-state index in [4.69, 9.17) is 28.9 Å². The highest BCUT2D eigenvalue weighted by Crippen LogP contribution is 2.41. The predicted octanol–water partition coefficient (Wildman–Crippen LogP) is 3.98. The molecule has 2 rings (SSSR count). The van der Waals surface area contributed by atoms with E-state index in [0.29, 0.717) is 0 Å². The molecule has 0 saturated carbocycles. The Balaban J connectivity index is 2.62. The van der Waals surface area contributed by atoms with Crippen molar-refractivity contribution in [1.82, 2.24) is 10.2 Å². The SMILES string of the molecule is Nc1c[nH]nc1-c1c(Cl)cc(C(F)(F)F)cc1Cl. The Hall–Kier alpha value is -1.40. The first-order valence-corrected chi connectivity index (χ1v) is 5.42.